The lowest BCUT2D eigenvalue weighted by molar-refractivity contribution is -0.142. The number of hydrogen-bond acceptors (Lipinski definition) is 4. The number of carboxylic acid groups (broad SMARTS) is 1. The van der Waals surface area contributed by atoms with Crippen molar-refractivity contribution < 1.29 is 19.2 Å². The largest absolute Gasteiger partial charge is 0.481 e. The van der Waals surface area contributed by atoms with E-state index < -0.39 is 17.8 Å². The maximum atomic E-state index is 11.6. The van der Waals surface area contributed by atoms with Crippen LogP contribution < -0.4 is 5.32 Å². The highest BCUT2D eigenvalue weighted by molar-refractivity contribution is 5.92. The fraction of sp³-hybridized carbons (Fsp3) is 0.583. The molecule has 18 heavy (non-hydrogen) atoms. The average molecular weight is 254 g/mol. The number of rotatable bonds is 6. The van der Waals surface area contributed by atoms with Gasteiger partial charge >= 0.3 is 5.97 Å². The van der Waals surface area contributed by atoms with E-state index in [4.69, 9.17) is 9.63 Å². The predicted octanol–water partition coefficient (Wildman–Crippen LogP) is 1.46. The molecule has 100 valence electrons. The van der Waals surface area contributed by atoms with Crippen LogP contribution >= 0.6 is 0 Å². The Morgan fingerprint density at radius 1 is 1.50 bits per heavy atom. The third-order valence-corrected chi connectivity index (χ3v) is 2.47. The molecule has 1 heterocycles. The van der Waals surface area contributed by atoms with E-state index in [0.717, 1.165) is 0 Å². The van der Waals surface area contributed by atoms with E-state index >= 15 is 0 Å². The maximum absolute atomic E-state index is 11.6. The molecular formula is C12H18N2O4. The van der Waals surface area contributed by atoms with E-state index in [-0.39, 0.29) is 18.2 Å². The van der Waals surface area contributed by atoms with Crippen LogP contribution in [0.4, 0.5) is 0 Å². The van der Waals surface area contributed by atoms with Crippen LogP contribution in [-0.4, -0.2) is 28.7 Å². The van der Waals surface area contributed by atoms with Crippen molar-refractivity contribution >= 4 is 11.9 Å². The second-order valence-electron chi connectivity index (χ2n) is 4.70. The van der Waals surface area contributed by atoms with Gasteiger partial charge in [-0.3, -0.25) is 9.59 Å². The van der Waals surface area contributed by atoms with Gasteiger partial charge in [0.1, 0.15) is 5.76 Å². The van der Waals surface area contributed by atoms with Crippen molar-refractivity contribution in [3.05, 3.63) is 17.5 Å². The van der Waals surface area contributed by atoms with Gasteiger partial charge in [0.2, 0.25) is 0 Å². The summed E-state index contributed by atoms with van der Waals surface area (Å²) in [6, 6.07) is 1.51. The van der Waals surface area contributed by atoms with Gasteiger partial charge in [0.25, 0.3) is 5.91 Å². The van der Waals surface area contributed by atoms with Gasteiger partial charge in [-0.2, -0.15) is 0 Å². The molecular weight excluding hydrogens is 236 g/mol. The van der Waals surface area contributed by atoms with Gasteiger partial charge in [-0.05, 0) is 19.3 Å². The van der Waals surface area contributed by atoms with Crippen LogP contribution in [0.3, 0.4) is 0 Å². The van der Waals surface area contributed by atoms with Crippen molar-refractivity contribution in [1.29, 1.82) is 0 Å². The van der Waals surface area contributed by atoms with E-state index in [2.05, 4.69) is 10.5 Å². The molecule has 1 rings (SSSR count). The number of amides is 1. The molecule has 6 nitrogen and oxygen atoms in total. The topological polar surface area (TPSA) is 92.4 Å². The molecule has 0 bridgehead atoms. The fourth-order valence-corrected chi connectivity index (χ4v) is 1.62. The monoisotopic (exact) mass is 254 g/mol. The SMILES string of the molecule is Cc1cc(C(=O)NCC(CC(C)C)C(=O)O)no1. The second kappa shape index (κ2) is 6.18. The molecule has 0 saturated heterocycles. The van der Waals surface area contributed by atoms with Crippen LogP contribution in [0.1, 0.15) is 36.5 Å². The van der Waals surface area contributed by atoms with Crippen molar-refractivity contribution in [2.24, 2.45) is 11.8 Å². The van der Waals surface area contributed by atoms with Crippen LogP contribution in [0.2, 0.25) is 0 Å². The number of carbonyl (C=O) groups excluding carboxylic acids is 1. The number of nitrogens with one attached hydrogen (secondary N) is 1. The van der Waals surface area contributed by atoms with Crippen molar-refractivity contribution in [2.45, 2.75) is 27.2 Å². The molecule has 0 aliphatic heterocycles. The molecule has 1 aromatic rings. The molecule has 0 radical (unpaired) electrons. The van der Waals surface area contributed by atoms with E-state index in [1.807, 2.05) is 13.8 Å². The third kappa shape index (κ3) is 4.20. The van der Waals surface area contributed by atoms with Gasteiger partial charge in [0, 0.05) is 12.6 Å². The van der Waals surface area contributed by atoms with Gasteiger partial charge in [0.05, 0.1) is 5.92 Å². The van der Waals surface area contributed by atoms with Crippen LogP contribution in [0.25, 0.3) is 0 Å². The number of aryl methyl sites for hydroxylation is 1. The molecule has 0 aromatic carbocycles. The minimum atomic E-state index is -0.902. The van der Waals surface area contributed by atoms with Crippen LogP contribution in [0, 0.1) is 18.8 Å². The summed E-state index contributed by atoms with van der Waals surface area (Å²) in [6.07, 6.45) is 0.521. The van der Waals surface area contributed by atoms with Gasteiger partial charge in [-0.25, -0.2) is 0 Å². The summed E-state index contributed by atoms with van der Waals surface area (Å²) in [5.74, 6) is -1.10. The molecule has 0 aliphatic rings. The fourth-order valence-electron chi connectivity index (χ4n) is 1.62. The number of aliphatic carboxylic acids is 1. The highest BCUT2D eigenvalue weighted by atomic mass is 16.5. The molecule has 1 unspecified atom stereocenters. The van der Waals surface area contributed by atoms with Crippen LogP contribution in [0.5, 0.6) is 0 Å². The molecule has 0 fully saturated rings. The Balaban J connectivity index is 2.52. The number of carbonyl (C=O) groups is 2. The normalized spacial score (nSPS) is 12.4. The van der Waals surface area contributed by atoms with Crippen molar-refractivity contribution in [3.63, 3.8) is 0 Å². The smallest absolute Gasteiger partial charge is 0.308 e. The Hall–Kier alpha value is -1.85. The Morgan fingerprint density at radius 3 is 2.61 bits per heavy atom. The Labute approximate surface area is 105 Å². The molecule has 1 aromatic heterocycles. The molecule has 6 heteroatoms. The van der Waals surface area contributed by atoms with E-state index in [1.165, 1.54) is 6.07 Å². The maximum Gasteiger partial charge on any atom is 0.308 e. The van der Waals surface area contributed by atoms with Crippen LogP contribution in [0.15, 0.2) is 10.6 Å². The number of carboxylic acids is 1. The molecule has 1 atom stereocenters. The van der Waals surface area contributed by atoms with Crippen LogP contribution in [-0.2, 0) is 4.79 Å². The van der Waals surface area contributed by atoms with Gasteiger partial charge in [-0.15, -0.1) is 0 Å². The van der Waals surface area contributed by atoms with Crippen molar-refractivity contribution in [3.8, 4) is 0 Å². The molecule has 0 aliphatic carbocycles. The number of hydrogen-bond donors (Lipinski definition) is 2. The summed E-state index contributed by atoms with van der Waals surface area (Å²) in [5, 5.41) is 15.1. The first-order chi connectivity index (χ1) is 8.40. The number of nitrogens with zero attached hydrogens (tertiary/aromatic N) is 1. The predicted molar refractivity (Wildman–Crippen MR) is 64.2 cm³/mol. The summed E-state index contributed by atoms with van der Waals surface area (Å²) in [5.41, 5.74) is 0.168. The molecule has 2 N–H and O–H groups in total. The summed E-state index contributed by atoms with van der Waals surface area (Å²) >= 11 is 0. The lowest BCUT2D eigenvalue weighted by Crippen LogP contribution is -2.33. The highest BCUT2D eigenvalue weighted by Gasteiger charge is 2.20. The first-order valence-electron chi connectivity index (χ1n) is 5.84. The lowest BCUT2D eigenvalue weighted by Gasteiger charge is -2.14. The second-order valence-corrected chi connectivity index (χ2v) is 4.70. The van der Waals surface area contributed by atoms with Crippen molar-refractivity contribution in [2.75, 3.05) is 6.54 Å². The first-order valence-corrected chi connectivity index (χ1v) is 5.84. The van der Waals surface area contributed by atoms with Gasteiger partial charge in [-0.1, -0.05) is 19.0 Å². The highest BCUT2D eigenvalue weighted by Crippen LogP contribution is 2.11. The summed E-state index contributed by atoms with van der Waals surface area (Å²) in [4.78, 5) is 22.6. The summed E-state index contributed by atoms with van der Waals surface area (Å²) in [7, 11) is 0. The zero-order valence-electron chi connectivity index (χ0n) is 10.8. The summed E-state index contributed by atoms with van der Waals surface area (Å²) < 4.78 is 4.78. The van der Waals surface area contributed by atoms with Gasteiger partial charge < -0.3 is 14.9 Å². The Bertz CT molecular complexity index is 425. The van der Waals surface area contributed by atoms with Crippen molar-refractivity contribution in [1.82, 2.24) is 10.5 Å². The van der Waals surface area contributed by atoms with E-state index in [9.17, 15) is 9.59 Å². The minimum absolute atomic E-state index is 0.0955. The first kappa shape index (κ1) is 14.2. The minimum Gasteiger partial charge on any atom is -0.481 e. The quantitative estimate of drug-likeness (QED) is 0.801. The van der Waals surface area contributed by atoms with Gasteiger partial charge in [0.15, 0.2) is 5.69 Å². The molecule has 0 saturated carbocycles. The standard InChI is InChI=1S/C12H18N2O4/c1-7(2)4-9(12(16)17)6-13-11(15)10-5-8(3)18-14-10/h5,7,9H,4,6H2,1-3H3,(H,13,15)(H,16,17). The van der Waals surface area contributed by atoms with E-state index in [1.54, 1.807) is 6.92 Å². The zero-order valence-corrected chi connectivity index (χ0v) is 10.8. The molecule has 1 amide bonds. The molecule has 0 spiro atoms. The lowest BCUT2D eigenvalue weighted by atomic mass is 9.97. The zero-order chi connectivity index (χ0) is 13.7. The Kier molecular flexibility index (Phi) is 4.88. The van der Waals surface area contributed by atoms with E-state index in [0.29, 0.717) is 12.2 Å². The number of aromatic nitrogens is 1. The third-order valence-electron chi connectivity index (χ3n) is 2.47. The average Bonchev–Trinajstić information content (AvgIpc) is 2.69. The Morgan fingerprint density at radius 2 is 2.17 bits per heavy atom. The summed E-state index contributed by atoms with van der Waals surface area (Å²) in [6.45, 7) is 5.67.